The molecule has 0 unspecified atom stereocenters. The van der Waals surface area contributed by atoms with Gasteiger partial charge in [0.2, 0.25) is 6.23 Å². The lowest BCUT2D eigenvalue weighted by Gasteiger charge is -2.38. The van der Waals surface area contributed by atoms with Gasteiger partial charge < -0.3 is 14.2 Å². The molecule has 0 saturated heterocycles. The first-order chi connectivity index (χ1) is 16.7. The van der Waals surface area contributed by atoms with Crippen molar-refractivity contribution in [2.24, 2.45) is 5.10 Å². The molecule has 0 aliphatic carbocycles. The van der Waals surface area contributed by atoms with Crippen LogP contribution in [0.3, 0.4) is 0 Å². The summed E-state index contributed by atoms with van der Waals surface area (Å²) in [5.41, 5.74) is 4.35. The van der Waals surface area contributed by atoms with Crippen molar-refractivity contribution in [2.75, 3.05) is 13.7 Å². The van der Waals surface area contributed by atoms with Crippen molar-refractivity contribution in [1.82, 2.24) is 5.01 Å². The largest absolute Gasteiger partial charge is 0.497 e. The first-order valence-corrected chi connectivity index (χ1v) is 12.6. The molecule has 176 valence electrons. The summed E-state index contributed by atoms with van der Waals surface area (Å²) < 4.78 is 18.8. The molecular formula is C28H29BrN2O3. The third-order valence-corrected chi connectivity index (χ3v) is 6.85. The molecule has 2 heterocycles. The second-order valence-corrected chi connectivity index (χ2v) is 9.57. The van der Waals surface area contributed by atoms with E-state index < -0.39 is 0 Å². The lowest BCUT2D eigenvalue weighted by molar-refractivity contribution is -0.0191. The van der Waals surface area contributed by atoms with Crippen LogP contribution in [0.2, 0.25) is 0 Å². The van der Waals surface area contributed by atoms with Crippen LogP contribution >= 0.6 is 15.9 Å². The Morgan fingerprint density at radius 1 is 1.00 bits per heavy atom. The molecule has 0 spiro atoms. The molecule has 0 radical (unpaired) electrons. The van der Waals surface area contributed by atoms with Crippen molar-refractivity contribution in [3.05, 3.63) is 87.9 Å². The summed E-state index contributed by atoms with van der Waals surface area (Å²) >= 11 is 3.62. The van der Waals surface area contributed by atoms with Gasteiger partial charge in [-0.3, -0.25) is 0 Å². The van der Waals surface area contributed by atoms with E-state index in [-0.39, 0.29) is 12.3 Å². The summed E-state index contributed by atoms with van der Waals surface area (Å²) in [6.45, 7) is 2.95. The lowest BCUT2D eigenvalue weighted by atomic mass is 9.96. The Morgan fingerprint density at radius 2 is 1.76 bits per heavy atom. The van der Waals surface area contributed by atoms with Gasteiger partial charge >= 0.3 is 0 Å². The zero-order valence-corrected chi connectivity index (χ0v) is 21.1. The smallest absolute Gasteiger partial charge is 0.213 e. The first-order valence-electron chi connectivity index (χ1n) is 11.9. The second-order valence-electron chi connectivity index (χ2n) is 8.65. The number of rotatable bonds is 8. The fourth-order valence-electron chi connectivity index (χ4n) is 4.51. The van der Waals surface area contributed by atoms with Crippen molar-refractivity contribution in [2.45, 2.75) is 44.9 Å². The van der Waals surface area contributed by atoms with Crippen molar-refractivity contribution >= 4 is 21.6 Å². The van der Waals surface area contributed by atoms with Crippen LogP contribution in [0.5, 0.6) is 17.2 Å². The van der Waals surface area contributed by atoms with E-state index in [1.54, 1.807) is 7.11 Å². The third kappa shape index (κ3) is 4.64. The quantitative estimate of drug-likeness (QED) is 0.293. The van der Waals surface area contributed by atoms with E-state index in [2.05, 4.69) is 58.2 Å². The maximum absolute atomic E-state index is 6.50. The molecule has 34 heavy (non-hydrogen) atoms. The van der Waals surface area contributed by atoms with Gasteiger partial charge in [0.05, 0.1) is 25.5 Å². The fourth-order valence-corrected chi connectivity index (χ4v) is 4.89. The third-order valence-electron chi connectivity index (χ3n) is 6.36. The van der Waals surface area contributed by atoms with E-state index >= 15 is 0 Å². The zero-order chi connectivity index (χ0) is 23.5. The van der Waals surface area contributed by atoms with E-state index in [1.165, 1.54) is 12.8 Å². The summed E-state index contributed by atoms with van der Waals surface area (Å²) in [7, 11) is 1.68. The van der Waals surface area contributed by atoms with Crippen molar-refractivity contribution in [3.8, 4) is 17.2 Å². The van der Waals surface area contributed by atoms with E-state index in [0.29, 0.717) is 0 Å². The molecule has 0 aromatic heterocycles. The summed E-state index contributed by atoms with van der Waals surface area (Å²) in [4.78, 5) is 0. The average molecular weight is 521 g/mol. The molecule has 6 heteroatoms. The van der Waals surface area contributed by atoms with Crippen LogP contribution < -0.4 is 14.2 Å². The highest BCUT2D eigenvalue weighted by Crippen LogP contribution is 2.48. The van der Waals surface area contributed by atoms with Crippen molar-refractivity contribution in [1.29, 1.82) is 0 Å². The monoisotopic (exact) mass is 520 g/mol. The van der Waals surface area contributed by atoms with Gasteiger partial charge in [0.15, 0.2) is 0 Å². The Labute approximate surface area is 209 Å². The second kappa shape index (κ2) is 10.1. The summed E-state index contributed by atoms with van der Waals surface area (Å²) in [6.07, 6.45) is 3.97. The highest BCUT2D eigenvalue weighted by Gasteiger charge is 2.41. The number of hydrazone groups is 1. The number of methoxy groups -OCH3 is 1. The summed E-state index contributed by atoms with van der Waals surface area (Å²) in [6, 6.07) is 22.6. The van der Waals surface area contributed by atoms with Gasteiger partial charge in [-0.25, -0.2) is 5.01 Å². The Bertz CT molecular complexity index is 1160. The van der Waals surface area contributed by atoms with E-state index in [1.807, 2.05) is 36.4 Å². The van der Waals surface area contributed by atoms with Crippen molar-refractivity contribution in [3.63, 3.8) is 0 Å². The van der Waals surface area contributed by atoms with Gasteiger partial charge in [-0.2, -0.15) is 5.10 Å². The lowest BCUT2D eigenvalue weighted by Crippen LogP contribution is -2.33. The van der Waals surface area contributed by atoms with Crippen LogP contribution in [-0.2, 0) is 0 Å². The Morgan fingerprint density at radius 3 is 2.50 bits per heavy atom. The minimum absolute atomic E-state index is 0.105. The number of halogens is 1. The molecule has 3 aromatic rings. The Balaban J connectivity index is 1.43. The van der Waals surface area contributed by atoms with Gasteiger partial charge in [-0.05, 0) is 78.7 Å². The number of nitrogens with zero attached hydrogens (tertiary/aromatic N) is 2. The summed E-state index contributed by atoms with van der Waals surface area (Å²) in [5, 5.41) is 7.15. The van der Waals surface area contributed by atoms with Crippen LogP contribution in [-0.4, -0.2) is 24.4 Å². The SMILES string of the molecule is CCCCCOc1ccc([C@H]2Oc3ccc(Br)cc3[C@H]3CC(c4ccc(OC)cc4)=NN32)cc1. The van der Waals surface area contributed by atoms with Crippen LogP contribution in [0.15, 0.2) is 76.3 Å². The molecule has 0 N–H and O–H groups in total. The number of ether oxygens (including phenoxy) is 3. The molecule has 2 aliphatic rings. The summed E-state index contributed by atoms with van der Waals surface area (Å²) in [5.74, 6) is 2.63. The number of fused-ring (bicyclic) bond motifs is 3. The average Bonchev–Trinajstić information content (AvgIpc) is 3.33. The Hall–Kier alpha value is -2.99. The van der Waals surface area contributed by atoms with Crippen molar-refractivity contribution < 1.29 is 14.2 Å². The van der Waals surface area contributed by atoms with Crippen LogP contribution in [0.25, 0.3) is 0 Å². The molecule has 2 aliphatic heterocycles. The molecule has 3 aromatic carbocycles. The molecule has 0 fully saturated rings. The van der Waals surface area contributed by atoms with Gasteiger partial charge in [-0.1, -0.05) is 35.7 Å². The molecular weight excluding hydrogens is 492 g/mol. The van der Waals surface area contributed by atoms with E-state index in [9.17, 15) is 0 Å². The van der Waals surface area contributed by atoms with Gasteiger partial charge in [0.25, 0.3) is 0 Å². The first kappa shape index (κ1) is 22.8. The highest BCUT2D eigenvalue weighted by molar-refractivity contribution is 9.10. The maximum atomic E-state index is 6.50. The van der Waals surface area contributed by atoms with Gasteiger partial charge in [0.1, 0.15) is 17.2 Å². The molecule has 0 saturated carbocycles. The highest BCUT2D eigenvalue weighted by atomic mass is 79.9. The number of hydrogen-bond acceptors (Lipinski definition) is 5. The fraction of sp³-hybridized carbons (Fsp3) is 0.321. The van der Waals surface area contributed by atoms with Gasteiger partial charge in [-0.15, -0.1) is 0 Å². The normalized spacial score (nSPS) is 18.6. The minimum atomic E-state index is -0.302. The van der Waals surface area contributed by atoms with Gasteiger partial charge in [0, 0.05) is 22.0 Å². The molecule has 0 amide bonds. The van der Waals surface area contributed by atoms with Crippen LogP contribution in [0, 0.1) is 0 Å². The Kier molecular flexibility index (Phi) is 6.77. The number of benzene rings is 3. The van der Waals surface area contributed by atoms with E-state index in [0.717, 1.165) is 63.6 Å². The predicted octanol–water partition coefficient (Wildman–Crippen LogP) is 7.27. The molecule has 5 nitrogen and oxygen atoms in total. The van der Waals surface area contributed by atoms with Crippen LogP contribution in [0.4, 0.5) is 0 Å². The molecule has 2 atom stereocenters. The zero-order valence-electron chi connectivity index (χ0n) is 19.5. The molecule has 0 bridgehead atoms. The number of unbranched alkanes of at least 4 members (excludes halogenated alkanes) is 2. The topological polar surface area (TPSA) is 43.3 Å². The molecule has 5 rings (SSSR count). The predicted molar refractivity (Wildman–Crippen MR) is 138 cm³/mol. The van der Waals surface area contributed by atoms with E-state index in [4.69, 9.17) is 19.3 Å². The standard InChI is InChI=1S/C28H29BrN2O3/c1-3-4-5-16-33-23-13-8-20(9-14-23)28-31-26(24-17-21(29)10-15-27(24)34-28)18-25(30-31)19-6-11-22(32-2)12-7-19/h6-15,17,26,28H,3-5,16,18H2,1-2H3/t26-,28-/m1/s1. The number of hydrogen-bond donors (Lipinski definition) is 0. The minimum Gasteiger partial charge on any atom is -0.497 e. The maximum Gasteiger partial charge on any atom is 0.213 e. The van der Waals surface area contributed by atoms with Crippen LogP contribution in [0.1, 0.15) is 61.6 Å².